The van der Waals surface area contributed by atoms with Crippen LogP contribution in [0.1, 0.15) is 113 Å². The highest BCUT2D eigenvalue weighted by molar-refractivity contribution is 7.12. The van der Waals surface area contributed by atoms with Gasteiger partial charge in [-0.25, -0.2) is 29.5 Å². The van der Waals surface area contributed by atoms with Crippen molar-refractivity contribution >= 4 is 91.9 Å². The zero-order valence-electron chi connectivity index (χ0n) is 44.7. The second-order valence-corrected chi connectivity index (χ2v) is 20.3. The predicted octanol–water partition coefficient (Wildman–Crippen LogP) is 7.03. The third kappa shape index (κ3) is 15.7. The van der Waals surface area contributed by atoms with Crippen molar-refractivity contribution in [3.8, 4) is 0 Å². The van der Waals surface area contributed by atoms with E-state index in [0.717, 1.165) is 47.5 Å². The van der Waals surface area contributed by atoms with Crippen LogP contribution in [0.15, 0.2) is 83.8 Å². The molecule has 0 saturated carbocycles. The lowest BCUT2D eigenvalue weighted by Gasteiger charge is -2.22. The van der Waals surface area contributed by atoms with Gasteiger partial charge in [-0.15, -0.1) is 22.7 Å². The van der Waals surface area contributed by atoms with Crippen LogP contribution in [0.3, 0.4) is 0 Å². The number of carboxylic acid groups (broad SMARTS) is 1. The molecule has 24 heteroatoms. The Hall–Kier alpha value is -8.64. The van der Waals surface area contributed by atoms with Crippen LogP contribution in [0.4, 0.5) is 11.9 Å². The molecule has 9 N–H and O–H groups in total. The van der Waals surface area contributed by atoms with E-state index in [4.69, 9.17) is 4.74 Å². The lowest BCUT2D eigenvalue weighted by Crippen LogP contribution is -2.50. The summed E-state index contributed by atoms with van der Waals surface area (Å²) in [5, 5.41) is 46.4. The number of aromatic nitrogens is 8. The number of thiophene rings is 2. The number of hydrogen-bond donors (Lipinski definition) is 9. The van der Waals surface area contributed by atoms with Gasteiger partial charge in [0.1, 0.15) is 18.2 Å². The summed E-state index contributed by atoms with van der Waals surface area (Å²) < 4.78 is 5.61. The van der Waals surface area contributed by atoms with E-state index in [2.05, 4.69) is 84.4 Å². The van der Waals surface area contributed by atoms with Gasteiger partial charge in [0.05, 0.1) is 67.1 Å². The SMILES string of the molecule is CCC(CC)OC(=O)[C@H](CNC(=O)c1cccs1)NC(=O)c1c(C)nc(NCCCc2cccc3[nH]ncc23)nc1C.Cc1nc(NCCCc2cccc3[nH]ncc23)nc(C)c1C(=O)N[C@@H](CNC(=O)c1cccs1)C(=O)O. The normalized spacial score (nSPS) is 11.8. The standard InChI is InChI=1S/C30H37N7O4S.C25H27N7O4S/c1-5-21(6-2)41-29(40)24(17-32-27(38)25-13-9-15-42-25)36-28(39)26-18(3)34-30(35-19(26)4)31-14-8-11-20-10-7-12-23-22(20)16-33-37-23;1-14-21(23(34)31-19(24(35)36)13-27-22(33)20-9-5-11-37-20)15(2)30-25(29-14)26-10-4-7-16-6-3-8-18-17(16)12-28-32-18/h7,9-10,12-13,15-16,21,24H,5-6,8,11,14,17H2,1-4H3,(H,32,38)(H,33,37)(H,36,39)(H,31,34,35);3,5-6,8-9,11-12,19H,4,7,10,13H2,1-2H3,(H,27,33)(H,28,32)(H,31,34)(H,35,36)(H,26,29,30)/t24-;19-/m00/s1. The molecule has 79 heavy (non-hydrogen) atoms. The van der Waals surface area contributed by atoms with Crippen LogP contribution >= 0.6 is 22.7 Å². The van der Waals surface area contributed by atoms with Crippen LogP contribution in [0.25, 0.3) is 21.8 Å². The highest BCUT2D eigenvalue weighted by Gasteiger charge is 2.29. The maximum absolute atomic E-state index is 13.4. The Bertz CT molecular complexity index is 3330. The van der Waals surface area contributed by atoms with E-state index in [1.807, 2.05) is 50.5 Å². The lowest BCUT2D eigenvalue weighted by atomic mass is 10.1. The van der Waals surface area contributed by atoms with Crippen molar-refractivity contribution in [2.75, 3.05) is 36.8 Å². The molecular weight excluding hydrogens is 1050 g/mol. The third-order valence-corrected chi connectivity index (χ3v) is 14.5. The van der Waals surface area contributed by atoms with Gasteiger partial charge in [0, 0.05) is 37.0 Å². The molecule has 4 amide bonds. The molecule has 0 unspecified atom stereocenters. The average molecular weight is 1110 g/mol. The van der Waals surface area contributed by atoms with Crippen LogP contribution in [0, 0.1) is 27.7 Å². The Morgan fingerprint density at radius 2 is 1.01 bits per heavy atom. The molecule has 22 nitrogen and oxygen atoms in total. The molecular formula is C55H64N14O8S2. The largest absolute Gasteiger partial charge is 0.480 e. The summed E-state index contributed by atoms with van der Waals surface area (Å²) in [6.07, 6.45) is 8.07. The van der Waals surface area contributed by atoms with Gasteiger partial charge in [-0.3, -0.25) is 29.4 Å². The number of nitrogens with one attached hydrogen (secondary N) is 8. The van der Waals surface area contributed by atoms with E-state index >= 15 is 0 Å². The summed E-state index contributed by atoms with van der Waals surface area (Å²) in [5.74, 6) is -2.91. The van der Waals surface area contributed by atoms with Crippen molar-refractivity contribution in [2.24, 2.45) is 0 Å². The molecule has 2 aromatic carbocycles. The fraction of sp³-hybridized carbons (Fsp3) is 0.345. The number of amides is 4. The second kappa shape index (κ2) is 28.1. The van der Waals surface area contributed by atoms with Crippen LogP contribution in [0.5, 0.6) is 0 Å². The topological polar surface area (TPSA) is 313 Å². The van der Waals surface area contributed by atoms with Crippen molar-refractivity contribution < 1.29 is 38.6 Å². The fourth-order valence-electron chi connectivity index (χ4n) is 8.64. The Morgan fingerprint density at radius 1 is 0.582 bits per heavy atom. The van der Waals surface area contributed by atoms with Crippen molar-refractivity contribution in [3.63, 3.8) is 0 Å². The van der Waals surface area contributed by atoms with Gasteiger partial charge in [0.15, 0.2) is 0 Å². The number of esters is 1. The molecule has 8 aromatic rings. The number of aliphatic carboxylic acids is 1. The molecule has 6 aromatic heterocycles. The van der Waals surface area contributed by atoms with Crippen molar-refractivity contribution in [3.05, 3.63) is 139 Å². The monoisotopic (exact) mass is 1110 g/mol. The molecule has 0 fully saturated rings. The van der Waals surface area contributed by atoms with E-state index in [1.165, 1.54) is 33.8 Å². The number of carbonyl (C=O) groups excluding carboxylic acids is 5. The molecule has 0 saturated heterocycles. The Labute approximate surface area is 463 Å². The minimum Gasteiger partial charge on any atom is -0.480 e. The number of hydrogen-bond acceptors (Lipinski definition) is 17. The van der Waals surface area contributed by atoms with E-state index < -0.39 is 41.7 Å². The molecule has 414 valence electrons. The van der Waals surface area contributed by atoms with E-state index in [1.54, 1.807) is 62.7 Å². The number of anilines is 2. The third-order valence-electron chi connectivity index (χ3n) is 12.8. The lowest BCUT2D eigenvalue weighted by molar-refractivity contribution is -0.151. The first-order valence-corrected chi connectivity index (χ1v) is 27.6. The number of H-pyrrole nitrogens is 2. The van der Waals surface area contributed by atoms with Crippen LogP contribution in [-0.2, 0) is 27.2 Å². The minimum absolute atomic E-state index is 0.118. The van der Waals surface area contributed by atoms with Crippen LogP contribution in [0.2, 0.25) is 0 Å². The quantitative estimate of drug-likeness (QED) is 0.0205. The molecule has 0 aliphatic rings. The summed E-state index contributed by atoms with van der Waals surface area (Å²) in [4.78, 5) is 94.4. The molecule has 0 radical (unpaired) electrons. The Kier molecular flexibility index (Phi) is 20.7. The summed E-state index contributed by atoms with van der Waals surface area (Å²) in [6, 6.07) is 16.6. The van der Waals surface area contributed by atoms with Gasteiger partial charge in [-0.05, 0) is 112 Å². The van der Waals surface area contributed by atoms with E-state index in [0.29, 0.717) is 70.4 Å². The Balaban J connectivity index is 0.000000230. The van der Waals surface area contributed by atoms with Gasteiger partial charge in [0.2, 0.25) is 11.9 Å². The molecule has 0 bridgehead atoms. The molecule has 6 heterocycles. The predicted molar refractivity (Wildman–Crippen MR) is 303 cm³/mol. The first-order chi connectivity index (χ1) is 38.1. The van der Waals surface area contributed by atoms with Gasteiger partial charge < -0.3 is 41.7 Å². The van der Waals surface area contributed by atoms with Gasteiger partial charge in [0.25, 0.3) is 23.6 Å². The summed E-state index contributed by atoms with van der Waals surface area (Å²) in [5.41, 5.74) is 6.69. The fourth-order valence-corrected chi connectivity index (χ4v) is 9.92. The van der Waals surface area contributed by atoms with Crippen LogP contribution < -0.4 is 31.9 Å². The zero-order chi connectivity index (χ0) is 56.4. The zero-order valence-corrected chi connectivity index (χ0v) is 46.3. The smallest absolute Gasteiger partial charge is 0.330 e. The number of rotatable bonds is 25. The summed E-state index contributed by atoms with van der Waals surface area (Å²) >= 11 is 2.53. The molecule has 0 aliphatic heterocycles. The van der Waals surface area contributed by atoms with Crippen molar-refractivity contribution in [2.45, 2.75) is 98.3 Å². The average Bonchev–Trinajstić information content (AvgIpc) is 4.30. The number of carbonyl (C=O) groups is 6. The number of aromatic amines is 2. The van der Waals surface area contributed by atoms with Crippen LogP contribution in [-0.4, -0.2) is 125 Å². The number of carboxylic acids is 1. The Morgan fingerprint density at radius 3 is 1.42 bits per heavy atom. The molecule has 0 spiro atoms. The number of aryl methyl sites for hydroxylation is 6. The number of benzene rings is 2. The first-order valence-electron chi connectivity index (χ1n) is 25.8. The van der Waals surface area contributed by atoms with E-state index in [-0.39, 0.29) is 36.2 Å². The number of ether oxygens (including phenoxy) is 1. The second-order valence-electron chi connectivity index (χ2n) is 18.4. The van der Waals surface area contributed by atoms with Gasteiger partial charge >= 0.3 is 11.9 Å². The first kappa shape index (κ1) is 58.1. The maximum atomic E-state index is 13.4. The number of fused-ring (bicyclic) bond motifs is 2. The summed E-state index contributed by atoms with van der Waals surface area (Å²) in [6.45, 7) is 11.5. The van der Waals surface area contributed by atoms with Gasteiger partial charge in [-0.2, -0.15) is 10.2 Å². The summed E-state index contributed by atoms with van der Waals surface area (Å²) in [7, 11) is 0. The highest BCUT2D eigenvalue weighted by Crippen LogP contribution is 2.21. The van der Waals surface area contributed by atoms with E-state index in [9.17, 15) is 33.9 Å². The molecule has 2 atom stereocenters. The number of nitrogens with zero attached hydrogens (tertiary/aromatic N) is 6. The van der Waals surface area contributed by atoms with Gasteiger partial charge in [-0.1, -0.05) is 50.2 Å². The molecule has 8 rings (SSSR count). The maximum Gasteiger partial charge on any atom is 0.330 e. The minimum atomic E-state index is -1.31. The highest BCUT2D eigenvalue weighted by atomic mass is 32.1. The van der Waals surface area contributed by atoms with Crippen molar-refractivity contribution in [1.82, 2.24) is 61.6 Å². The van der Waals surface area contributed by atoms with Crippen molar-refractivity contribution in [1.29, 1.82) is 0 Å². The molecule has 0 aliphatic carbocycles.